The molecule has 0 bridgehead atoms. The second kappa shape index (κ2) is 9.80. The van der Waals surface area contributed by atoms with E-state index in [0.717, 1.165) is 28.2 Å². The van der Waals surface area contributed by atoms with Gasteiger partial charge in [-0.1, -0.05) is 72.0 Å². The molecule has 9 nitrogen and oxygen atoms in total. The summed E-state index contributed by atoms with van der Waals surface area (Å²) in [6, 6.07) is 19.1. The lowest BCUT2D eigenvalue weighted by molar-refractivity contribution is -0.138. The number of hydrogen-bond acceptors (Lipinski definition) is 8. The Bertz CT molecular complexity index is 1620. The molecule has 0 saturated heterocycles. The van der Waals surface area contributed by atoms with Gasteiger partial charge in [0, 0.05) is 21.4 Å². The monoisotopic (exact) mass is 516 g/mol. The van der Waals surface area contributed by atoms with E-state index in [1.165, 1.54) is 16.0 Å². The van der Waals surface area contributed by atoms with Crippen LogP contribution in [0.15, 0.2) is 81.1 Å². The van der Waals surface area contributed by atoms with Crippen molar-refractivity contribution >= 4 is 39.5 Å². The summed E-state index contributed by atoms with van der Waals surface area (Å²) in [5, 5.41) is 23.6. The van der Waals surface area contributed by atoms with Gasteiger partial charge in [0.15, 0.2) is 5.69 Å². The van der Waals surface area contributed by atoms with Crippen molar-refractivity contribution < 1.29 is 9.90 Å². The van der Waals surface area contributed by atoms with Crippen molar-refractivity contribution in [2.45, 2.75) is 19.8 Å². The van der Waals surface area contributed by atoms with E-state index >= 15 is 0 Å². The molecule has 0 aliphatic rings. The van der Waals surface area contributed by atoms with Gasteiger partial charge in [-0.25, -0.2) is 9.97 Å². The van der Waals surface area contributed by atoms with Crippen LogP contribution in [-0.4, -0.2) is 30.8 Å². The van der Waals surface area contributed by atoms with Gasteiger partial charge in [-0.05, 0) is 13.8 Å². The number of nitrogens with one attached hydrogen (secondary N) is 1. The minimum atomic E-state index is -0.941. The zero-order valence-electron chi connectivity index (χ0n) is 19.2. The van der Waals surface area contributed by atoms with Crippen molar-refractivity contribution in [1.82, 2.24) is 19.7 Å². The molecule has 11 heteroatoms. The third-order valence-electron chi connectivity index (χ3n) is 5.50. The summed E-state index contributed by atoms with van der Waals surface area (Å²) in [5.41, 5.74) is 3.26. The lowest BCUT2D eigenvalue weighted by atomic mass is 10.1. The molecular weight excluding hydrogens is 496 g/mol. The molecule has 3 aromatic heterocycles. The first kappa shape index (κ1) is 23.5. The average Bonchev–Trinajstić information content (AvgIpc) is 3.60. The summed E-state index contributed by atoms with van der Waals surface area (Å²) >= 11 is 2.48. The summed E-state index contributed by atoms with van der Waals surface area (Å²) in [4.78, 5) is 34.4. The highest BCUT2D eigenvalue weighted by Crippen LogP contribution is 2.34. The van der Waals surface area contributed by atoms with Crippen molar-refractivity contribution in [2.75, 3.05) is 0 Å². The van der Waals surface area contributed by atoms with E-state index in [-0.39, 0.29) is 10.8 Å². The highest BCUT2D eigenvalue weighted by atomic mass is 32.1. The Labute approximate surface area is 213 Å². The van der Waals surface area contributed by atoms with Crippen LogP contribution in [-0.2, 0) is 4.79 Å². The number of aromatic amines is 1. The number of thiazole rings is 2. The Hall–Kier alpha value is -4.22. The Kier molecular flexibility index (Phi) is 6.40. The molecular formula is C25H20N6O3S2. The molecule has 1 atom stereocenters. The topological polar surface area (TPSA) is 126 Å². The van der Waals surface area contributed by atoms with E-state index in [0.29, 0.717) is 21.4 Å². The maximum atomic E-state index is 13.5. The molecule has 0 radical (unpaired) electrons. The quantitative estimate of drug-likeness (QED) is 0.245. The van der Waals surface area contributed by atoms with Crippen LogP contribution >= 0.6 is 22.7 Å². The van der Waals surface area contributed by atoms with Crippen molar-refractivity contribution in [2.24, 2.45) is 10.2 Å². The molecule has 0 aliphatic carbocycles. The normalized spacial score (nSPS) is 12.3. The van der Waals surface area contributed by atoms with Gasteiger partial charge >= 0.3 is 11.5 Å². The largest absolute Gasteiger partial charge is 0.481 e. The van der Waals surface area contributed by atoms with Gasteiger partial charge in [0.2, 0.25) is 10.3 Å². The van der Waals surface area contributed by atoms with Crippen molar-refractivity contribution in [3.8, 4) is 27.6 Å². The fraction of sp³-hybridized carbons (Fsp3) is 0.120. The predicted octanol–water partition coefficient (Wildman–Crippen LogP) is 6.32. The number of aliphatic carboxylic acids is 1. The van der Waals surface area contributed by atoms with Gasteiger partial charge in [0.1, 0.15) is 0 Å². The molecule has 0 fully saturated rings. The number of azo groups is 1. The van der Waals surface area contributed by atoms with Crippen LogP contribution in [0.5, 0.6) is 0 Å². The second-order valence-corrected chi connectivity index (χ2v) is 9.78. The Morgan fingerprint density at radius 3 is 2.36 bits per heavy atom. The average molecular weight is 517 g/mol. The van der Waals surface area contributed by atoms with E-state index in [1.54, 1.807) is 13.8 Å². The lowest BCUT2D eigenvalue weighted by Crippen LogP contribution is -2.13. The molecule has 0 spiro atoms. The highest BCUT2D eigenvalue weighted by molar-refractivity contribution is 7.15. The molecule has 0 amide bonds. The van der Waals surface area contributed by atoms with E-state index in [4.69, 9.17) is 0 Å². The minimum Gasteiger partial charge on any atom is -0.481 e. The Morgan fingerprint density at radius 2 is 1.69 bits per heavy atom. The van der Waals surface area contributed by atoms with Gasteiger partial charge in [0.25, 0.3) is 0 Å². The number of H-pyrrole nitrogens is 1. The minimum absolute atomic E-state index is 0.110. The number of carboxylic acid groups (broad SMARTS) is 1. The molecule has 5 rings (SSSR count). The Morgan fingerprint density at radius 1 is 1.03 bits per heavy atom. The molecule has 0 aliphatic heterocycles. The molecule has 1 unspecified atom stereocenters. The van der Waals surface area contributed by atoms with Crippen LogP contribution in [0.4, 0.5) is 10.8 Å². The fourth-order valence-electron chi connectivity index (χ4n) is 3.61. The number of aromatic nitrogens is 4. The van der Waals surface area contributed by atoms with Crippen LogP contribution in [0.2, 0.25) is 0 Å². The summed E-state index contributed by atoms with van der Waals surface area (Å²) in [6.07, 6.45) is 0. The standard InChI is InChI=1S/C25H20N6O3S2/c1-14(23(33)34)21-15(2)26-24(36-21)29-28-20-19(17-11-7-4-8-12-17)30-31(22(20)32)25-27-18(13-35-25)16-9-5-3-6-10-16/h3-14,30H,1-2H3,(H,33,34). The maximum Gasteiger partial charge on any atom is 0.311 e. The van der Waals surface area contributed by atoms with Gasteiger partial charge < -0.3 is 5.11 Å². The number of carbonyl (C=O) groups is 1. The molecule has 5 aromatic rings. The van der Waals surface area contributed by atoms with Crippen molar-refractivity contribution in [3.63, 3.8) is 0 Å². The number of aryl methyl sites for hydroxylation is 1. The third kappa shape index (κ3) is 4.53. The van der Waals surface area contributed by atoms with Crippen LogP contribution in [0.25, 0.3) is 27.6 Å². The van der Waals surface area contributed by atoms with Crippen LogP contribution < -0.4 is 5.56 Å². The highest BCUT2D eigenvalue weighted by Gasteiger charge is 2.22. The zero-order valence-corrected chi connectivity index (χ0v) is 20.9. The molecule has 180 valence electrons. The molecule has 36 heavy (non-hydrogen) atoms. The van der Waals surface area contributed by atoms with E-state index in [1.807, 2.05) is 66.0 Å². The van der Waals surface area contributed by atoms with Crippen LogP contribution in [0.3, 0.4) is 0 Å². The maximum absolute atomic E-state index is 13.5. The number of benzene rings is 2. The van der Waals surface area contributed by atoms with E-state index in [2.05, 4.69) is 25.3 Å². The van der Waals surface area contributed by atoms with E-state index < -0.39 is 17.4 Å². The Balaban J connectivity index is 1.57. The first-order valence-electron chi connectivity index (χ1n) is 11.0. The van der Waals surface area contributed by atoms with Crippen LogP contribution in [0, 0.1) is 6.92 Å². The molecule has 2 aromatic carbocycles. The zero-order chi connectivity index (χ0) is 25.2. The number of carboxylic acids is 1. The van der Waals surface area contributed by atoms with Gasteiger partial charge in [0.05, 0.1) is 23.0 Å². The van der Waals surface area contributed by atoms with Gasteiger partial charge in [-0.15, -0.1) is 21.6 Å². The van der Waals surface area contributed by atoms with E-state index in [9.17, 15) is 14.7 Å². The SMILES string of the molecule is Cc1nc(N=Nc2c(-c3ccccc3)[nH]n(-c3nc(-c4ccccc4)cs3)c2=O)sc1C(C)C(=O)O. The van der Waals surface area contributed by atoms with Gasteiger partial charge in [-0.3, -0.25) is 14.7 Å². The second-order valence-electron chi connectivity index (χ2n) is 7.93. The van der Waals surface area contributed by atoms with Crippen molar-refractivity contribution in [1.29, 1.82) is 0 Å². The molecule has 0 saturated carbocycles. The summed E-state index contributed by atoms with van der Waals surface area (Å²) in [6.45, 7) is 3.33. The fourth-order valence-corrected chi connectivity index (χ4v) is 5.34. The summed E-state index contributed by atoms with van der Waals surface area (Å²) < 4.78 is 1.36. The number of hydrogen-bond donors (Lipinski definition) is 2. The first-order valence-corrected chi connectivity index (χ1v) is 12.7. The number of nitrogens with zero attached hydrogens (tertiary/aromatic N) is 5. The van der Waals surface area contributed by atoms with Gasteiger partial charge in [-0.2, -0.15) is 4.68 Å². The summed E-state index contributed by atoms with van der Waals surface area (Å²) in [7, 11) is 0. The predicted molar refractivity (Wildman–Crippen MR) is 140 cm³/mol. The van der Waals surface area contributed by atoms with Crippen molar-refractivity contribution in [3.05, 3.63) is 87.0 Å². The molecule has 2 N–H and O–H groups in total. The molecule has 3 heterocycles. The first-order chi connectivity index (χ1) is 17.4. The lowest BCUT2D eigenvalue weighted by Gasteiger charge is -2.01. The summed E-state index contributed by atoms with van der Waals surface area (Å²) in [5.74, 6) is -1.65. The third-order valence-corrected chi connectivity index (χ3v) is 7.55. The smallest absolute Gasteiger partial charge is 0.311 e. The van der Waals surface area contributed by atoms with Crippen LogP contribution in [0.1, 0.15) is 23.4 Å². The number of rotatable bonds is 7.